The summed E-state index contributed by atoms with van der Waals surface area (Å²) in [5.41, 5.74) is 1.07. The molecule has 0 radical (unpaired) electrons. The largest absolute Gasteiger partial charge is 0.352 e. The lowest BCUT2D eigenvalue weighted by Crippen LogP contribution is -2.34. The smallest absolute Gasteiger partial charge is 0.147 e. The highest BCUT2D eigenvalue weighted by atomic mass is 15.2. The molecule has 0 aromatic carbocycles. The van der Waals surface area contributed by atoms with Crippen molar-refractivity contribution in [2.45, 2.75) is 58.2 Å². The van der Waals surface area contributed by atoms with Crippen LogP contribution in [0.2, 0.25) is 0 Å². The van der Waals surface area contributed by atoms with Gasteiger partial charge in [0, 0.05) is 31.4 Å². The molecule has 4 heteroatoms. The van der Waals surface area contributed by atoms with E-state index in [4.69, 9.17) is 4.98 Å². The average molecular weight is 260 g/mol. The Kier molecular flexibility index (Phi) is 3.69. The van der Waals surface area contributed by atoms with E-state index in [-0.39, 0.29) is 0 Å². The number of nitrogens with zero attached hydrogens (tertiary/aromatic N) is 3. The van der Waals surface area contributed by atoms with Crippen molar-refractivity contribution in [2.75, 3.05) is 11.4 Å². The molecule has 1 aliphatic carbocycles. The standard InChI is InChI=1S/C15H24N4/c1-11(2)14-4-3-7-19(14)15-10-16-8-13(18-15)9-17-12-5-6-12/h8,10-12,14,17H,3-7,9H2,1-2H3. The van der Waals surface area contributed by atoms with Crippen molar-refractivity contribution in [2.24, 2.45) is 5.92 Å². The number of nitrogens with one attached hydrogen (secondary N) is 1. The summed E-state index contributed by atoms with van der Waals surface area (Å²) in [6.07, 6.45) is 8.99. The first kappa shape index (κ1) is 12.9. The van der Waals surface area contributed by atoms with Crippen molar-refractivity contribution in [3.63, 3.8) is 0 Å². The fraction of sp³-hybridized carbons (Fsp3) is 0.733. The predicted octanol–water partition coefficient (Wildman–Crippen LogP) is 2.35. The molecule has 1 aliphatic heterocycles. The maximum atomic E-state index is 4.79. The zero-order valence-electron chi connectivity index (χ0n) is 12.0. The van der Waals surface area contributed by atoms with E-state index in [2.05, 4.69) is 29.0 Å². The zero-order valence-corrected chi connectivity index (χ0v) is 12.0. The molecule has 1 atom stereocenters. The Morgan fingerprint density at radius 1 is 1.32 bits per heavy atom. The van der Waals surface area contributed by atoms with Gasteiger partial charge in [-0.05, 0) is 31.6 Å². The quantitative estimate of drug-likeness (QED) is 0.882. The maximum absolute atomic E-state index is 4.79. The van der Waals surface area contributed by atoms with E-state index >= 15 is 0 Å². The highest BCUT2D eigenvalue weighted by Gasteiger charge is 2.28. The van der Waals surface area contributed by atoms with Crippen LogP contribution in [0.3, 0.4) is 0 Å². The van der Waals surface area contributed by atoms with Gasteiger partial charge in [0.1, 0.15) is 5.82 Å². The monoisotopic (exact) mass is 260 g/mol. The van der Waals surface area contributed by atoms with Crippen molar-refractivity contribution in [1.82, 2.24) is 15.3 Å². The molecule has 19 heavy (non-hydrogen) atoms. The molecule has 1 saturated heterocycles. The number of rotatable bonds is 5. The van der Waals surface area contributed by atoms with Gasteiger partial charge in [-0.2, -0.15) is 0 Å². The molecule has 3 rings (SSSR count). The molecular weight excluding hydrogens is 236 g/mol. The molecule has 1 aromatic rings. The minimum absolute atomic E-state index is 0.626. The Labute approximate surface area is 115 Å². The van der Waals surface area contributed by atoms with Crippen molar-refractivity contribution < 1.29 is 0 Å². The second-order valence-electron chi connectivity index (χ2n) is 6.17. The average Bonchev–Trinajstić information content (AvgIpc) is 3.10. The van der Waals surface area contributed by atoms with Gasteiger partial charge < -0.3 is 10.2 Å². The maximum Gasteiger partial charge on any atom is 0.147 e. The summed E-state index contributed by atoms with van der Waals surface area (Å²) in [4.78, 5) is 11.6. The van der Waals surface area contributed by atoms with E-state index in [1.807, 2.05) is 12.4 Å². The van der Waals surface area contributed by atoms with Gasteiger partial charge in [0.05, 0.1) is 11.9 Å². The van der Waals surface area contributed by atoms with Gasteiger partial charge in [-0.25, -0.2) is 4.98 Å². The Morgan fingerprint density at radius 3 is 2.89 bits per heavy atom. The van der Waals surface area contributed by atoms with Crippen molar-refractivity contribution >= 4 is 5.82 Å². The van der Waals surface area contributed by atoms with E-state index in [1.165, 1.54) is 25.7 Å². The van der Waals surface area contributed by atoms with Crippen molar-refractivity contribution in [1.29, 1.82) is 0 Å². The van der Waals surface area contributed by atoms with Crippen LogP contribution in [-0.4, -0.2) is 28.6 Å². The van der Waals surface area contributed by atoms with E-state index in [0.29, 0.717) is 12.0 Å². The molecule has 1 saturated carbocycles. The van der Waals surface area contributed by atoms with Crippen LogP contribution in [0.5, 0.6) is 0 Å². The molecule has 1 N–H and O–H groups in total. The van der Waals surface area contributed by atoms with Gasteiger partial charge in [-0.15, -0.1) is 0 Å². The number of hydrogen-bond donors (Lipinski definition) is 1. The van der Waals surface area contributed by atoms with Crippen LogP contribution in [0, 0.1) is 5.92 Å². The molecule has 0 bridgehead atoms. The van der Waals surface area contributed by atoms with Gasteiger partial charge in [0.15, 0.2) is 0 Å². The first-order valence-corrected chi connectivity index (χ1v) is 7.55. The Bertz CT molecular complexity index is 428. The van der Waals surface area contributed by atoms with E-state index in [1.54, 1.807) is 0 Å². The molecule has 0 amide bonds. The summed E-state index contributed by atoms with van der Waals surface area (Å²) in [5.74, 6) is 1.74. The van der Waals surface area contributed by atoms with Crippen LogP contribution >= 0.6 is 0 Å². The van der Waals surface area contributed by atoms with Crippen molar-refractivity contribution in [3.8, 4) is 0 Å². The fourth-order valence-corrected chi connectivity index (χ4v) is 2.92. The molecule has 1 unspecified atom stereocenters. The molecule has 2 fully saturated rings. The summed E-state index contributed by atoms with van der Waals surface area (Å²) < 4.78 is 0. The van der Waals surface area contributed by atoms with Crippen LogP contribution < -0.4 is 10.2 Å². The highest BCUT2D eigenvalue weighted by Crippen LogP contribution is 2.28. The SMILES string of the molecule is CC(C)C1CCCN1c1cncc(CNC2CC2)n1. The second kappa shape index (κ2) is 5.45. The topological polar surface area (TPSA) is 41.1 Å². The van der Waals surface area contributed by atoms with Gasteiger partial charge in [0.25, 0.3) is 0 Å². The van der Waals surface area contributed by atoms with Gasteiger partial charge in [0.2, 0.25) is 0 Å². The summed E-state index contributed by atoms with van der Waals surface area (Å²) in [7, 11) is 0. The van der Waals surface area contributed by atoms with Crippen molar-refractivity contribution in [3.05, 3.63) is 18.1 Å². The van der Waals surface area contributed by atoms with E-state index in [9.17, 15) is 0 Å². The molecule has 2 aliphatic rings. The van der Waals surface area contributed by atoms with Gasteiger partial charge >= 0.3 is 0 Å². The molecule has 0 spiro atoms. The minimum Gasteiger partial charge on any atom is -0.352 e. The number of aromatic nitrogens is 2. The molecule has 2 heterocycles. The van der Waals surface area contributed by atoms with Crippen LogP contribution in [0.4, 0.5) is 5.82 Å². The lowest BCUT2D eigenvalue weighted by atomic mass is 10.0. The van der Waals surface area contributed by atoms with Gasteiger partial charge in [-0.3, -0.25) is 4.98 Å². The Morgan fingerprint density at radius 2 is 2.16 bits per heavy atom. The zero-order chi connectivity index (χ0) is 13.2. The summed E-state index contributed by atoms with van der Waals surface area (Å²) >= 11 is 0. The van der Waals surface area contributed by atoms with E-state index in [0.717, 1.165) is 30.6 Å². The predicted molar refractivity (Wildman–Crippen MR) is 77.1 cm³/mol. The van der Waals surface area contributed by atoms with Crippen LogP contribution in [0.15, 0.2) is 12.4 Å². The number of hydrogen-bond acceptors (Lipinski definition) is 4. The Hall–Kier alpha value is -1.16. The first-order valence-electron chi connectivity index (χ1n) is 7.55. The fourth-order valence-electron chi connectivity index (χ4n) is 2.92. The lowest BCUT2D eigenvalue weighted by molar-refractivity contribution is 0.488. The van der Waals surface area contributed by atoms with Crippen LogP contribution in [0.25, 0.3) is 0 Å². The third kappa shape index (κ3) is 3.06. The molecule has 4 nitrogen and oxygen atoms in total. The summed E-state index contributed by atoms with van der Waals surface area (Å²) in [6, 6.07) is 1.35. The molecule has 1 aromatic heterocycles. The second-order valence-corrected chi connectivity index (χ2v) is 6.17. The van der Waals surface area contributed by atoms with E-state index < -0.39 is 0 Å². The van der Waals surface area contributed by atoms with Gasteiger partial charge in [-0.1, -0.05) is 13.8 Å². The molecular formula is C15H24N4. The lowest BCUT2D eigenvalue weighted by Gasteiger charge is -2.28. The minimum atomic E-state index is 0.626. The molecule has 104 valence electrons. The Balaban J connectivity index is 1.70. The number of anilines is 1. The summed E-state index contributed by atoms with van der Waals surface area (Å²) in [6.45, 7) is 6.58. The normalized spacial score (nSPS) is 23.3. The summed E-state index contributed by atoms with van der Waals surface area (Å²) in [5, 5.41) is 3.50. The first-order chi connectivity index (χ1) is 9.24. The van der Waals surface area contributed by atoms with Crippen LogP contribution in [-0.2, 0) is 6.54 Å². The highest BCUT2D eigenvalue weighted by molar-refractivity contribution is 5.39. The third-order valence-corrected chi connectivity index (χ3v) is 4.18. The van der Waals surface area contributed by atoms with Crippen LogP contribution in [0.1, 0.15) is 45.2 Å². The third-order valence-electron chi connectivity index (χ3n) is 4.18.